The first kappa shape index (κ1) is 15.5. The zero-order valence-corrected chi connectivity index (χ0v) is 12.2. The Morgan fingerprint density at radius 3 is 2.64 bits per heavy atom. The number of hydrogen-bond donors (Lipinski definition) is 0. The third-order valence-corrected chi connectivity index (χ3v) is 3.13. The third kappa shape index (κ3) is 3.41. The van der Waals surface area contributed by atoms with Crippen molar-refractivity contribution in [1.29, 1.82) is 5.26 Å². The van der Waals surface area contributed by atoms with E-state index in [9.17, 15) is 9.18 Å². The highest BCUT2D eigenvalue weighted by molar-refractivity contribution is 5.94. The molecule has 0 bridgehead atoms. The number of ether oxygens (including phenoxy) is 2. The van der Waals surface area contributed by atoms with E-state index in [4.69, 9.17) is 14.7 Å². The van der Waals surface area contributed by atoms with Crippen molar-refractivity contribution in [2.45, 2.75) is 13.5 Å². The summed E-state index contributed by atoms with van der Waals surface area (Å²) in [5.41, 5.74) is 1.14. The molecule has 2 aromatic rings. The van der Waals surface area contributed by atoms with E-state index in [1.165, 1.54) is 32.2 Å². The molecule has 0 spiro atoms. The van der Waals surface area contributed by atoms with Gasteiger partial charge in [-0.25, -0.2) is 4.39 Å². The van der Waals surface area contributed by atoms with Crippen molar-refractivity contribution in [2.75, 3.05) is 7.11 Å². The van der Waals surface area contributed by atoms with Crippen molar-refractivity contribution in [1.82, 2.24) is 0 Å². The van der Waals surface area contributed by atoms with Crippen LogP contribution in [0.25, 0.3) is 0 Å². The minimum absolute atomic E-state index is 0.0445. The Kier molecular flexibility index (Phi) is 4.74. The Morgan fingerprint density at radius 2 is 2.00 bits per heavy atom. The quantitative estimate of drug-likeness (QED) is 0.793. The lowest BCUT2D eigenvalue weighted by atomic mass is 10.1. The van der Waals surface area contributed by atoms with Crippen LogP contribution in [0.15, 0.2) is 36.4 Å². The van der Waals surface area contributed by atoms with Crippen LogP contribution in [0, 0.1) is 17.1 Å². The van der Waals surface area contributed by atoms with E-state index in [0.717, 1.165) is 0 Å². The average Bonchev–Trinajstić information content (AvgIpc) is 2.53. The Balaban J connectivity index is 2.21. The summed E-state index contributed by atoms with van der Waals surface area (Å²) in [6.45, 7) is 1.41. The first-order valence-corrected chi connectivity index (χ1v) is 6.55. The van der Waals surface area contributed by atoms with Gasteiger partial charge in [0, 0.05) is 11.1 Å². The molecule has 0 heterocycles. The van der Waals surface area contributed by atoms with E-state index in [-0.39, 0.29) is 18.0 Å². The van der Waals surface area contributed by atoms with Crippen molar-refractivity contribution in [3.63, 3.8) is 0 Å². The SMILES string of the molecule is COc1cc(C(C)=O)ccc1OCc1cc(C#N)ccc1F. The maximum Gasteiger partial charge on any atom is 0.161 e. The van der Waals surface area contributed by atoms with Gasteiger partial charge in [0.25, 0.3) is 0 Å². The number of benzene rings is 2. The van der Waals surface area contributed by atoms with E-state index in [1.807, 2.05) is 6.07 Å². The van der Waals surface area contributed by atoms with Crippen LogP contribution in [-0.4, -0.2) is 12.9 Å². The number of hydrogen-bond acceptors (Lipinski definition) is 4. The molecule has 0 aliphatic carbocycles. The zero-order chi connectivity index (χ0) is 16.1. The summed E-state index contributed by atoms with van der Waals surface area (Å²) < 4.78 is 24.4. The van der Waals surface area contributed by atoms with Gasteiger partial charge >= 0.3 is 0 Å². The lowest BCUT2D eigenvalue weighted by molar-refractivity contribution is 0.101. The second-order valence-electron chi connectivity index (χ2n) is 4.63. The molecule has 0 amide bonds. The van der Waals surface area contributed by atoms with Crippen LogP contribution in [0.1, 0.15) is 28.4 Å². The Morgan fingerprint density at radius 1 is 1.23 bits per heavy atom. The molecular formula is C17H14FNO3. The number of nitrogens with zero attached hydrogens (tertiary/aromatic N) is 1. The Hall–Kier alpha value is -2.87. The molecule has 0 saturated carbocycles. The lowest BCUT2D eigenvalue weighted by Gasteiger charge is -2.12. The Labute approximate surface area is 127 Å². The molecular weight excluding hydrogens is 285 g/mol. The summed E-state index contributed by atoms with van der Waals surface area (Å²) >= 11 is 0. The summed E-state index contributed by atoms with van der Waals surface area (Å²) in [4.78, 5) is 11.3. The smallest absolute Gasteiger partial charge is 0.161 e. The molecule has 0 unspecified atom stereocenters. The molecule has 2 aromatic carbocycles. The molecule has 0 N–H and O–H groups in total. The van der Waals surface area contributed by atoms with Gasteiger partial charge in [0.2, 0.25) is 0 Å². The molecule has 0 fully saturated rings. The summed E-state index contributed by atoms with van der Waals surface area (Å²) in [5, 5.41) is 8.84. The number of carbonyl (C=O) groups is 1. The molecule has 0 radical (unpaired) electrons. The van der Waals surface area contributed by atoms with Crippen LogP contribution < -0.4 is 9.47 Å². The largest absolute Gasteiger partial charge is 0.493 e. The van der Waals surface area contributed by atoms with E-state index in [0.29, 0.717) is 22.6 Å². The predicted octanol–water partition coefficient (Wildman–Crippen LogP) is 3.49. The number of carbonyl (C=O) groups excluding carboxylic acids is 1. The van der Waals surface area contributed by atoms with Gasteiger partial charge in [-0.05, 0) is 43.3 Å². The molecule has 112 valence electrons. The first-order valence-electron chi connectivity index (χ1n) is 6.55. The number of Topliss-reactive ketones (excluding diaryl/α,β-unsaturated/α-hetero) is 1. The van der Waals surface area contributed by atoms with Gasteiger partial charge in [-0.1, -0.05) is 0 Å². The highest BCUT2D eigenvalue weighted by atomic mass is 19.1. The van der Waals surface area contributed by atoms with Crippen molar-refractivity contribution in [2.24, 2.45) is 0 Å². The van der Waals surface area contributed by atoms with Crippen molar-refractivity contribution < 1.29 is 18.7 Å². The van der Waals surface area contributed by atoms with Crippen LogP contribution in [0.4, 0.5) is 4.39 Å². The number of nitriles is 1. The van der Waals surface area contributed by atoms with Crippen LogP contribution in [0.5, 0.6) is 11.5 Å². The summed E-state index contributed by atoms with van der Waals surface area (Å²) in [7, 11) is 1.46. The minimum Gasteiger partial charge on any atom is -0.493 e. The summed E-state index contributed by atoms with van der Waals surface area (Å²) in [6.07, 6.45) is 0. The van der Waals surface area contributed by atoms with Crippen LogP contribution in [0.3, 0.4) is 0 Å². The third-order valence-electron chi connectivity index (χ3n) is 3.13. The monoisotopic (exact) mass is 299 g/mol. The molecule has 0 aliphatic rings. The predicted molar refractivity (Wildman–Crippen MR) is 78.4 cm³/mol. The fraction of sp³-hybridized carbons (Fsp3) is 0.176. The highest BCUT2D eigenvalue weighted by Gasteiger charge is 2.10. The maximum atomic E-state index is 13.7. The topological polar surface area (TPSA) is 59.3 Å². The Bertz CT molecular complexity index is 750. The molecule has 4 nitrogen and oxygen atoms in total. The maximum absolute atomic E-state index is 13.7. The number of ketones is 1. The van der Waals surface area contributed by atoms with Gasteiger partial charge in [-0.3, -0.25) is 4.79 Å². The van der Waals surface area contributed by atoms with Crippen molar-refractivity contribution in [3.8, 4) is 17.6 Å². The van der Waals surface area contributed by atoms with Gasteiger partial charge < -0.3 is 9.47 Å². The summed E-state index contributed by atoms with van der Waals surface area (Å²) in [5.74, 6) is 0.259. The molecule has 0 saturated heterocycles. The highest BCUT2D eigenvalue weighted by Crippen LogP contribution is 2.29. The number of halogens is 1. The van der Waals surface area contributed by atoms with Gasteiger partial charge in [-0.2, -0.15) is 5.26 Å². The minimum atomic E-state index is -0.446. The van der Waals surface area contributed by atoms with Gasteiger partial charge in [0.05, 0.1) is 18.7 Å². The van der Waals surface area contributed by atoms with Crippen LogP contribution in [-0.2, 0) is 6.61 Å². The first-order chi connectivity index (χ1) is 10.5. The molecule has 5 heteroatoms. The normalized spacial score (nSPS) is 9.91. The van der Waals surface area contributed by atoms with E-state index in [1.54, 1.807) is 18.2 Å². The second kappa shape index (κ2) is 6.72. The van der Waals surface area contributed by atoms with Crippen LogP contribution in [0.2, 0.25) is 0 Å². The van der Waals surface area contributed by atoms with Crippen LogP contribution >= 0.6 is 0 Å². The number of rotatable bonds is 5. The van der Waals surface area contributed by atoms with Gasteiger partial charge in [0.15, 0.2) is 17.3 Å². The standard InChI is InChI=1S/C17H14FNO3/c1-11(20)13-4-6-16(17(8-13)21-2)22-10-14-7-12(9-19)3-5-15(14)18/h3-8H,10H2,1-2H3. The van der Waals surface area contributed by atoms with Gasteiger partial charge in [-0.15, -0.1) is 0 Å². The second-order valence-corrected chi connectivity index (χ2v) is 4.63. The fourth-order valence-corrected chi connectivity index (χ4v) is 1.92. The number of methoxy groups -OCH3 is 1. The summed E-state index contributed by atoms with van der Waals surface area (Å²) in [6, 6.07) is 10.8. The lowest BCUT2D eigenvalue weighted by Crippen LogP contribution is -2.02. The zero-order valence-electron chi connectivity index (χ0n) is 12.2. The van der Waals surface area contributed by atoms with E-state index in [2.05, 4.69) is 0 Å². The van der Waals surface area contributed by atoms with E-state index >= 15 is 0 Å². The molecule has 0 aliphatic heterocycles. The van der Waals surface area contributed by atoms with Crippen molar-refractivity contribution in [3.05, 3.63) is 58.9 Å². The van der Waals surface area contributed by atoms with Gasteiger partial charge in [0.1, 0.15) is 12.4 Å². The van der Waals surface area contributed by atoms with E-state index < -0.39 is 5.82 Å². The molecule has 22 heavy (non-hydrogen) atoms. The molecule has 0 aromatic heterocycles. The van der Waals surface area contributed by atoms with Crippen molar-refractivity contribution >= 4 is 5.78 Å². The average molecular weight is 299 g/mol. The molecule has 2 rings (SSSR count). The molecule has 0 atom stereocenters. The fourth-order valence-electron chi connectivity index (χ4n) is 1.92.